The van der Waals surface area contributed by atoms with Gasteiger partial charge in [-0.3, -0.25) is 4.40 Å². The van der Waals surface area contributed by atoms with E-state index in [1.165, 1.54) is 27.8 Å². The van der Waals surface area contributed by atoms with Gasteiger partial charge in [0.05, 0.1) is 45.9 Å². The monoisotopic (exact) mass is 497 g/mol. The quantitative estimate of drug-likeness (QED) is 0.375. The first-order valence-electron chi connectivity index (χ1n) is 10.0. The molecule has 0 radical (unpaired) electrons. The van der Waals surface area contributed by atoms with Crippen LogP contribution in [-0.4, -0.2) is 46.8 Å². The minimum Gasteiger partial charge on any atom is -0.492 e. The number of fused-ring (bicyclic) bond motifs is 1. The van der Waals surface area contributed by atoms with Gasteiger partial charge in [0.15, 0.2) is 0 Å². The fraction of sp³-hybridized carbons (Fsp3) is 0.381. The zero-order valence-electron chi connectivity index (χ0n) is 18.0. The molecule has 1 aromatic carbocycles. The number of rotatable bonds is 8. The number of hydrogen-bond acceptors (Lipinski definition) is 7. The molecule has 3 heterocycles. The lowest BCUT2D eigenvalue weighted by molar-refractivity contribution is 0.0180. The van der Waals surface area contributed by atoms with E-state index in [0.717, 1.165) is 18.3 Å². The Hall–Kier alpha value is -2.60. The molecular weight excluding hydrogens is 476 g/mol. The molecule has 0 amide bonds. The van der Waals surface area contributed by atoms with Crippen LogP contribution in [-0.2, 0) is 5.92 Å². The van der Waals surface area contributed by atoms with E-state index in [1.54, 1.807) is 32.0 Å². The Morgan fingerprint density at radius 2 is 2.03 bits per heavy atom. The summed E-state index contributed by atoms with van der Waals surface area (Å²) < 4.78 is 36.8. The second-order valence-electron chi connectivity index (χ2n) is 8.32. The van der Waals surface area contributed by atoms with E-state index < -0.39 is 17.6 Å². The lowest BCUT2D eigenvalue weighted by Crippen LogP contribution is -2.21. The summed E-state index contributed by atoms with van der Waals surface area (Å²) in [5.41, 5.74) is -0.215. The number of thiazole rings is 1. The minimum absolute atomic E-state index is 0.000591. The molecule has 0 fully saturated rings. The van der Waals surface area contributed by atoms with Crippen molar-refractivity contribution < 1.29 is 23.7 Å². The van der Waals surface area contributed by atoms with Crippen molar-refractivity contribution in [3.05, 3.63) is 58.2 Å². The maximum atomic E-state index is 14.2. The third-order valence-electron chi connectivity index (χ3n) is 4.90. The van der Waals surface area contributed by atoms with Crippen LogP contribution >= 0.6 is 22.9 Å². The van der Waals surface area contributed by atoms with E-state index in [0.29, 0.717) is 27.7 Å². The molecule has 4 aromatic rings. The Morgan fingerprint density at radius 1 is 1.27 bits per heavy atom. The predicted octanol–water partition coefficient (Wildman–Crippen LogP) is 4.36. The minimum atomic E-state index is -3.15. The number of aromatic nitrogens is 5. The Morgan fingerprint density at radius 3 is 2.70 bits per heavy atom. The number of aliphatic hydroxyl groups excluding tert-OH is 1. The van der Waals surface area contributed by atoms with E-state index in [-0.39, 0.29) is 22.9 Å². The highest BCUT2D eigenvalue weighted by atomic mass is 35.5. The molecule has 8 nitrogen and oxygen atoms in total. The normalized spacial score (nSPS) is 13.6. The molecule has 0 saturated carbocycles. The molecule has 2 N–H and O–H groups in total. The number of ether oxygens (including phenoxy) is 1. The lowest BCUT2D eigenvalue weighted by atomic mass is 10.1. The molecule has 0 bridgehead atoms. The highest BCUT2D eigenvalue weighted by molar-refractivity contribution is 7.17. The molecule has 33 heavy (non-hydrogen) atoms. The summed E-state index contributed by atoms with van der Waals surface area (Å²) in [5.74, 6) is -2.70. The molecule has 0 aliphatic rings. The van der Waals surface area contributed by atoms with Crippen LogP contribution in [0.4, 0.5) is 8.78 Å². The smallest absolute Gasteiger partial charge is 0.281 e. The molecule has 3 aromatic heterocycles. The molecule has 0 aliphatic heterocycles. The van der Waals surface area contributed by atoms with Crippen molar-refractivity contribution in [3.8, 4) is 11.4 Å². The third kappa shape index (κ3) is 5.01. The van der Waals surface area contributed by atoms with Gasteiger partial charge in [-0.15, -0.1) is 16.4 Å². The van der Waals surface area contributed by atoms with Gasteiger partial charge in [0.1, 0.15) is 28.7 Å². The van der Waals surface area contributed by atoms with Gasteiger partial charge in [-0.1, -0.05) is 16.8 Å². The lowest BCUT2D eigenvalue weighted by Gasteiger charge is -2.17. The number of alkyl halides is 2. The molecule has 0 aliphatic carbocycles. The van der Waals surface area contributed by atoms with Gasteiger partial charge in [0, 0.05) is 13.3 Å². The average molecular weight is 498 g/mol. The van der Waals surface area contributed by atoms with Gasteiger partial charge in [-0.2, -0.15) is 0 Å². The van der Waals surface area contributed by atoms with Crippen molar-refractivity contribution in [1.82, 2.24) is 24.4 Å². The summed E-state index contributed by atoms with van der Waals surface area (Å²) in [5, 5.41) is 29.0. The summed E-state index contributed by atoms with van der Waals surface area (Å²) in [6, 6.07) is 4.96. The fourth-order valence-electron chi connectivity index (χ4n) is 3.20. The SMILES string of the molecule is CC(C)(O)CCOc1ccc(-n2cc(C(O)c3c(C(C)(F)F)sc4cncn34)nn2)cc1Cl. The van der Waals surface area contributed by atoms with Crippen LogP contribution in [0.3, 0.4) is 0 Å². The van der Waals surface area contributed by atoms with Crippen molar-refractivity contribution in [2.75, 3.05) is 6.61 Å². The molecule has 176 valence electrons. The Labute approximate surface area is 197 Å². The Kier molecular flexibility index (Phi) is 6.16. The topological polar surface area (TPSA) is 97.7 Å². The van der Waals surface area contributed by atoms with Crippen LogP contribution in [0.2, 0.25) is 5.02 Å². The first-order valence-corrected chi connectivity index (χ1v) is 11.2. The van der Waals surface area contributed by atoms with Gasteiger partial charge in [-0.05, 0) is 32.0 Å². The van der Waals surface area contributed by atoms with Gasteiger partial charge < -0.3 is 14.9 Å². The molecule has 0 saturated heterocycles. The molecule has 12 heteroatoms. The summed E-state index contributed by atoms with van der Waals surface area (Å²) in [4.78, 5) is 4.18. The number of imidazole rings is 1. The third-order valence-corrected chi connectivity index (χ3v) is 6.48. The Balaban J connectivity index is 1.58. The van der Waals surface area contributed by atoms with E-state index >= 15 is 0 Å². The first kappa shape index (κ1) is 23.6. The summed E-state index contributed by atoms with van der Waals surface area (Å²) in [7, 11) is 0. The summed E-state index contributed by atoms with van der Waals surface area (Å²) in [6.45, 7) is 4.45. The van der Waals surface area contributed by atoms with E-state index in [4.69, 9.17) is 16.3 Å². The van der Waals surface area contributed by atoms with Crippen LogP contribution in [0.1, 0.15) is 49.6 Å². The van der Waals surface area contributed by atoms with Crippen LogP contribution < -0.4 is 4.74 Å². The van der Waals surface area contributed by atoms with E-state index in [9.17, 15) is 19.0 Å². The predicted molar refractivity (Wildman–Crippen MR) is 119 cm³/mol. The first-order chi connectivity index (χ1) is 15.4. The second kappa shape index (κ2) is 8.64. The summed E-state index contributed by atoms with van der Waals surface area (Å²) in [6.07, 6.45) is 3.27. The van der Waals surface area contributed by atoms with Crippen molar-refractivity contribution in [2.24, 2.45) is 0 Å². The van der Waals surface area contributed by atoms with Crippen LogP contribution in [0.25, 0.3) is 10.5 Å². The maximum absolute atomic E-state index is 14.2. The maximum Gasteiger partial charge on any atom is 0.281 e. The number of benzene rings is 1. The zero-order chi connectivity index (χ0) is 24.0. The van der Waals surface area contributed by atoms with E-state index in [1.807, 2.05) is 0 Å². The van der Waals surface area contributed by atoms with Crippen molar-refractivity contribution in [1.29, 1.82) is 0 Å². The van der Waals surface area contributed by atoms with Crippen LogP contribution in [0, 0.1) is 0 Å². The van der Waals surface area contributed by atoms with Crippen molar-refractivity contribution in [3.63, 3.8) is 0 Å². The molecule has 4 rings (SSSR count). The number of aliphatic hydroxyl groups is 2. The van der Waals surface area contributed by atoms with Gasteiger partial charge in [0.25, 0.3) is 5.92 Å². The second-order valence-corrected chi connectivity index (χ2v) is 9.76. The van der Waals surface area contributed by atoms with Gasteiger partial charge >= 0.3 is 0 Å². The average Bonchev–Trinajstić information content (AvgIpc) is 3.43. The van der Waals surface area contributed by atoms with Crippen LogP contribution in [0.5, 0.6) is 5.75 Å². The molecule has 1 atom stereocenters. The standard InChI is InChI=1S/C21H22ClF2N5O3S/c1-20(2,31)6-7-32-15-5-4-12(8-13(15)22)29-10-14(26-27-29)18(30)17-19(21(3,23)24)33-16-9-25-11-28(16)17/h4-5,8-11,18,30-31H,6-7H2,1-3H3. The Bertz CT molecular complexity index is 1280. The van der Waals surface area contributed by atoms with Gasteiger partial charge in [-0.25, -0.2) is 18.4 Å². The number of halogens is 3. The van der Waals surface area contributed by atoms with Crippen molar-refractivity contribution in [2.45, 2.75) is 44.8 Å². The van der Waals surface area contributed by atoms with E-state index in [2.05, 4.69) is 15.3 Å². The van der Waals surface area contributed by atoms with Gasteiger partial charge in [0.2, 0.25) is 0 Å². The molecule has 1 unspecified atom stereocenters. The van der Waals surface area contributed by atoms with Crippen molar-refractivity contribution >= 4 is 27.8 Å². The molecule has 0 spiro atoms. The summed E-state index contributed by atoms with van der Waals surface area (Å²) >= 11 is 7.18. The largest absolute Gasteiger partial charge is 0.492 e. The number of nitrogens with zero attached hydrogens (tertiary/aromatic N) is 5. The number of hydrogen-bond donors (Lipinski definition) is 2. The highest BCUT2D eigenvalue weighted by Gasteiger charge is 2.36. The molecular formula is C21H22ClF2N5O3S. The fourth-order valence-corrected chi connectivity index (χ4v) is 4.49. The van der Waals surface area contributed by atoms with Crippen LogP contribution in [0.15, 0.2) is 36.9 Å². The zero-order valence-corrected chi connectivity index (χ0v) is 19.6. The highest BCUT2D eigenvalue weighted by Crippen LogP contribution is 2.40.